The summed E-state index contributed by atoms with van der Waals surface area (Å²) in [5.74, 6) is 0.640. The smallest absolute Gasteiger partial charge is 0.265 e. The molecule has 2 N–H and O–H groups in total. The Labute approximate surface area is 212 Å². The van der Waals surface area contributed by atoms with E-state index in [1.54, 1.807) is 18.2 Å². The summed E-state index contributed by atoms with van der Waals surface area (Å²) in [5.41, 5.74) is 4.08. The molecule has 0 unspecified atom stereocenters. The lowest BCUT2D eigenvalue weighted by molar-refractivity contribution is -0.113. The Morgan fingerprint density at radius 1 is 0.914 bits per heavy atom. The number of hydrogen-bond donors (Lipinski definition) is 2. The van der Waals surface area contributed by atoms with Crippen LogP contribution in [-0.2, 0) is 11.4 Å². The number of aryl methyl sites for hydroxylation is 2. The van der Waals surface area contributed by atoms with Gasteiger partial charge in [-0.15, -0.1) is 11.3 Å². The van der Waals surface area contributed by atoms with E-state index >= 15 is 0 Å². The first-order valence-electron chi connectivity index (χ1n) is 10.9. The van der Waals surface area contributed by atoms with Crippen LogP contribution in [0.15, 0.2) is 77.3 Å². The van der Waals surface area contributed by atoms with Crippen molar-refractivity contribution in [3.8, 4) is 5.75 Å². The van der Waals surface area contributed by atoms with E-state index in [0.29, 0.717) is 33.8 Å². The molecular weight excluding hydrogens is 480 g/mol. The Balaban J connectivity index is 1.26. The third-order valence-corrected chi connectivity index (χ3v) is 6.48. The van der Waals surface area contributed by atoms with Gasteiger partial charge in [-0.25, -0.2) is 9.97 Å². The van der Waals surface area contributed by atoms with E-state index in [1.807, 2.05) is 67.8 Å². The molecule has 0 spiro atoms. The summed E-state index contributed by atoms with van der Waals surface area (Å²) in [6.07, 6.45) is 0. The van der Waals surface area contributed by atoms with Gasteiger partial charge in [0.2, 0.25) is 5.91 Å². The molecule has 2 aromatic heterocycles. The van der Waals surface area contributed by atoms with Crippen molar-refractivity contribution in [2.24, 2.45) is 0 Å². The average molecular weight is 505 g/mol. The van der Waals surface area contributed by atoms with Crippen molar-refractivity contribution in [3.05, 3.63) is 93.9 Å². The van der Waals surface area contributed by atoms with Gasteiger partial charge in [-0.2, -0.15) is 0 Å². The highest BCUT2D eigenvalue weighted by Gasteiger charge is 2.09. The molecule has 4 rings (SSSR count). The van der Waals surface area contributed by atoms with Gasteiger partial charge < -0.3 is 15.4 Å². The predicted molar refractivity (Wildman–Crippen MR) is 140 cm³/mol. The number of nitrogens with zero attached hydrogens (tertiary/aromatic N) is 2. The van der Waals surface area contributed by atoms with Gasteiger partial charge in [0.1, 0.15) is 12.4 Å². The molecule has 0 atom stereocenters. The third-order valence-electron chi connectivity index (χ3n) is 4.77. The minimum atomic E-state index is -0.132. The molecule has 0 saturated heterocycles. The molecule has 178 valence electrons. The summed E-state index contributed by atoms with van der Waals surface area (Å²) in [6, 6.07) is 20.3. The number of thioether (sulfide) groups is 1. The lowest BCUT2D eigenvalue weighted by Gasteiger charge is -2.10. The number of aromatic nitrogens is 2. The second kappa shape index (κ2) is 11.6. The van der Waals surface area contributed by atoms with Crippen molar-refractivity contribution in [3.63, 3.8) is 0 Å². The zero-order chi connectivity index (χ0) is 24.6. The SMILES string of the molecule is Cc1cc(C)nc(SCC(=O)Nc2cccc(COc3ccc(NC(=O)c4cccs4)cc3)c2)n1. The Morgan fingerprint density at radius 2 is 1.69 bits per heavy atom. The number of ether oxygens (including phenoxy) is 1. The summed E-state index contributed by atoms with van der Waals surface area (Å²) in [6.45, 7) is 4.16. The minimum absolute atomic E-state index is 0.129. The van der Waals surface area contributed by atoms with E-state index in [9.17, 15) is 9.59 Å². The largest absolute Gasteiger partial charge is 0.489 e. The Bertz CT molecular complexity index is 1290. The molecule has 0 aliphatic carbocycles. The van der Waals surface area contributed by atoms with Crippen molar-refractivity contribution < 1.29 is 14.3 Å². The van der Waals surface area contributed by atoms with Crippen molar-refractivity contribution in [1.29, 1.82) is 0 Å². The van der Waals surface area contributed by atoms with Crippen molar-refractivity contribution >= 4 is 46.3 Å². The maximum absolute atomic E-state index is 12.4. The second-order valence-electron chi connectivity index (χ2n) is 7.71. The van der Waals surface area contributed by atoms with Gasteiger partial charge >= 0.3 is 0 Å². The van der Waals surface area contributed by atoms with Gasteiger partial charge in [-0.1, -0.05) is 30.0 Å². The van der Waals surface area contributed by atoms with E-state index < -0.39 is 0 Å². The molecule has 0 radical (unpaired) electrons. The molecule has 0 fully saturated rings. The molecule has 0 aliphatic heterocycles. The van der Waals surface area contributed by atoms with Gasteiger partial charge in [0.15, 0.2) is 5.16 Å². The molecule has 0 bridgehead atoms. The van der Waals surface area contributed by atoms with Crippen LogP contribution in [0.25, 0.3) is 0 Å². The lowest BCUT2D eigenvalue weighted by Crippen LogP contribution is -2.14. The minimum Gasteiger partial charge on any atom is -0.489 e. The van der Waals surface area contributed by atoms with Crippen LogP contribution in [-0.4, -0.2) is 27.5 Å². The van der Waals surface area contributed by atoms with Crippen LogP contribution in [0.2, 0.25) is 0 Å². The first-order chi connectivity index (χ1) is 16.9. The van der Waals surface area contributed by atoms with Crippen molar-refractivity contribution in [1.82, 2.24) is 9.97 Å². The molecule has 2 heterocycles. The van der Waals surface area contributed by atoms with E-state index in [-0.39, 0.29) is 17.6 Å². The number of thiophene rings is 1. The van der Waals surface area contributed by atoms with Gasteiger partial charge in [-0.05, 0) is 73.3 Å². The third kappa shape index (κ3) is 7.40. The van der Waals surface area contributed by atoms with E-state index in [0.717, 1.165) is 17.0 Å². The van der Waals surface area contributed by atoms with E-state index in [2.05, 4.69) is 20.6 Å². The number of anilines is 2. The fraction of sp³-hybridized carbons (Fsp3) is 0.154. The molecule has 4 aromatic rings. The molecule has 0 saturated carbocycles. The van der Waals surface area contributed by atoms with Crippen molar-refractivity contribution in [2.75, 3.05) is 16.4 Å². The first-order valence-corrected chi connectivity index (χ1v) is 12.7. The quantitative estimate of drug-likeness (QED) is 0.224. The number of amides is 2. The number of hydrogen-bond acceptors (Lipinski definition) is 7. The molecule has 7 nitrogen and oxygen atoms in total. The number of nitrogens with one attached hydrogen (secondary N) is 2. The van der Waals surface area contributed by atoms with Crippen LogP contribution in [0.4, 0.5) is 11.4 Å². The highest BCUT2D eigenvalue weighted by molar-refractivity contribution is 7.99. The molecule has 9 heteroatoms. The Morgan fingerprint density at radius 3 is 2.40 bits per heavy atom. The topological polar surface area (TPSA) is 93.2 Å². The van der Waals surface area contributed by atoms with Gasteiger partial charge in [0.05, 0.1) is 10.6 Å². The fourth-order valence-corrected chi connectivity index (χ4v) is 4.59. The maximum atomic E-state index is 12.4. The van der Waals surface area contributed by atoms with E-state index in [1.165, 1.54) is 23.1 Å². The summed E-state index contributed by atoms with van der Waals surface area (Å²) in [5, 5.41) is 8.23. The van der Waals surface area contributed by atoms with Crippen LogP contribution in [0.1, 0.15) is 26.6 Å². The fourth-order valence-electron chi connectivity index (χ4n) is 3.23. The summed E-state index contributed by atoms with van der Waals surface area (Å²) in [7, 11) is 0. The van der Waals surface area contributed by atoms with Gasteiger partial charge in [0.25, 0.3) is 5.91 Å². The first kappa shape index (κ1) is 24.4. The Kier molecular flexibility index (Phi) is 8.12. The molecule has 2 aromatic carbocycles. The number of carbonyl (C=O) groups excluding carboxylic acids is 2. The van der Waals surface area contributed by atoms with Crippen LogP contribution < -0.4 is 15.4 Å². The highest BCUT2D eigenvalue weighted by Crippen LogP contribution is 2.20. The maximum Gasteiger partial charge on any atom is 0.265 e. The molecule has 2 amide bonds. The zero-order valence-corrected chi connectivity index (χ0v) is 20.9. The van der Waals surface area contributed by atoms with Crippen molar-refractivity contribution in [2.45, 2.75) is 25.6 Å². The standard InChI is InChI=1S/C26H24N4O3S2/c1-17-13-18(2)28-26(27-17)35-16-24(31)29-21-6-3-5-19(14-21)15-33-22-10-8-20(9-11-22)30-25(32)23-7-4-12-34-23/h3-14H,15-16H2,1-2H3,(H,29,31)(H,30,32). The average Bonchev–Trinajstić information content (AvgIpc) is 3.37. The van der Waals surface area contributed by atoms with Crippen LogP contribution in [0, 0.1) is 13.8 Å². The summed E-state index contributed by atoms with van der Waals surface area (Å²) >= 11 is 2.70. The lowest BCUT2D eigenvalue weighted by atomic mass is 10.2. The van der Waals surface area contributed by atoms with Crippen LogP contribution in [0.3, 0.4) is 0 Å². The zero-order valence-electron chi connectivity index (χ0n) is 19.3. The number of carbonyl (C=O) groups is 2. The molecule has 0 aliphatic rings. The monoisotopic (exact) mass is 504 g/mol. The normalized spacial score (nSPS) is 10.6. The molecule has 35 heavy (non-hydrogen) atoms. The second-order valence-corrected chi connectivity index (χ2v) is 9.61. The molecular formula is C26H24N4O3S2. The predicted octanol–water partition coefficient (Wildman–Crippen LogP) is 5.72. The summed E-state index contributed by atoms with van der Waals surface area (Å²) < 4.78 is 5.87. The highest BCUT2D eigenvalue weighted by atomic mass is 32.2. The van der Waals surface area contributed by atoms with E-state index in [4.69, 9.17) is 4.74 Å². The number of rotatable bonds is 9. The van der Waals surface area contributed by atoms with Gasteiger partial charge in [-0.3, -0.25) is 9.59 Å². The number of benzene rings is 2. The summed E-state index contributed by atoms with van der Waals surface area (Å²) in [4.78, 5) is 33.9. The Hall–Kier alpha value is -3.69. The van der Waals surface area contributed by atoms with Crippen LogP contribution in [0.5, 0.6) is 5.75 Å². The van der Waals surface area contributed by atoms with Gasteiger partial charge in [0, 0.05) is 22.8 Å². The van der Waals surface area contributed by atoms with Crippen LogP contribution >= 0.6 is 23.1 Å².